The Morgan fingerprint density at radius 2 is 0.814 bits per heavy atom. The monoisotopic (exact) mass is 1100 g/mol. The molecule has 1 aliphatic carbocycles. The molecule has 0 saturated heterocycles. The van der Waals surface area contributed by atoms with Crippen molar-refractivity contribution >= 4 is 114 Å². The number of anilines is 11. The minimum Gasteiger partial charge on any atom is -0.458 e. The van der Waals surface area contributed by atoms with Crippen LogP contribution < -0.4 is 61.9 Å². The van der Waals surface area contributed by atoms with E-state index in [1.54, 1.807) is 0 Å². The lowest BCUT2D eigenvalue weighted by Crippen LogP contribution is -2.64. The average molecular weight is 1100 g/mol. The largest absolute Gasteiger partial charge is 0.458 e. The summed E-state index contributed by atoms with van der Waals surface area (Å²) in [5.41, 5.74) is 23.4. The van der Waals surface area contributed by atoms with Crippen LogP contribution in [0.2, 0.25) is 0 Å². The van der Waals surface area contributed by atoms with Gasteiger partial charge in [-0.2, -0.15) is 0 Å². The summed E-state index contributed by atoms with van der Waals surface area (Å²) in [5, 5.41) is 0. The van der Waals surface area contributed by atoms with Crippen LogP contribution in [0.15, 0.2) is 315 Å². The summed E-state index contributed by atoms with van der Waals surface area (Å²) < 4.78 is 14.8. The SMILES string of the molecule is C1=CC(c2ccccc2)=C(N2c3cc4c(cc3B3c5ccccc5N(c5ccccc5)c5cc(N(c6ccccc6)c6ccccc6)cc2c53)B2c3ccccc3Oc3cc(N(c5ccccc5)c5ccccc5)cc(c32)O4)C(c2ccccc2)C1. The van der Waals surface area contributed by atoms with E-state index in [4.69, 9.17) is 9.47 Å². The molecular weight excluding hydrogens is 1050 g/mol. The Morgan fingerprint density at radius 1 is 0.337 bits per heavy atom. The molecule has 8 heteroatoms. The van der Waals surface area contributed by atoms with E-state index in [9.17, 15) is 0 Å². The molecule has 5 aliphatic rings. The second kappa shape index (κ2) is 20.4. The van der Waals surface area contributed by atoms with Gasteiger partial charge in [-0.15, -0.1) is 0 Å². The summed E-state index contributed by atoms with van der Waals surface area (Å²) in [4.78, 5) is 9.89. The third-order valence-corrected chi connectivity index (χ3v) is 17.8. The number of nitrogens with zero attached hydrogens (tertiary/aromatic N) is 4. The molecule has 404 valence electrons. The van der Waals surface area contributed by atoms with Gasteiger partial charge in [0, 0.05) is 92.0 Å². The first-order valence-corrected chi connectivity index (χ1v) is 29.7. The predicted molar refractivity (Wildman–Crippen MR) is 358 cm³/mol. The molecule has 4 aliphatic heterocycles. The van der Waals surface area contributed by atoms with Gasteiger partial charge in [-0.25, -0.2) is 0 Å². The molecule has 0 saturated carbocycles. The van der Waals surface area contributed by atoms with Crippen molar-refractivity contribution in [3.8, 4) is 23.0 Å². The highest BCUT2D eigenvalue weighted by Gasteiger charge is 2.49. The summed E-state index contributed by atoms with van der Waals surface area (Å²) >= 11 is 0. The van der Waals surface area contributed by atoms with Crippen molar-refractivity contribution in [3.05, 3.63) is 326 Å². The minimum atomic E-state index is -0.203. The number of rotatable bonds is 10. The predicted octanol–water partition coefficient (Wildman–Crippen LogP) is 16.3. The summed E-state index contributed by atoms with van der Waals surface area (Å²) in [6.07, 6.45) is 5.56. The highest BCUT2D eigenvalue weighted by molar-refractivity contribution is 7.02. The molecule has 0 bridgehead atoms. The van der Waals surface area contributed by atoms with Crippen LogP contribution in [0.1, 0.15) is 23.5 Å². The number of benzene rings is 12. The van der Waals surface area contributed by atoms with Crippen molar-refractivity contribution in [2.24, 2.45) is 0 Å². The smallest absolute Gasteiger partial charge is 0.260 e. The molecule has 17 rings (SSSR count). The number of allylic oxidation sites excluding steroid dienone is 4. The van der Waals surface area contributed by atoms with Crippen LogP contribution in [-0.2, 0) is 0 Å². The van der Waals surface area contributed by atoms with Gasteiger partial charge in [-0.05, 0) is 130 Å². The maximum Gasteiger partial charge on any atom is 0.260 e. The number of ether oxygens (including phenoxy) is 2. The van der Waals surface area contributed by atoms with Gasteiger partial charge in [0.15, 0.2) is 0 Å². The van der Waals surface area contributed by atoms with E-state index in [1.165, 1.54) is 33.2 Å². The number of fused-ring (bicyclic) bond motifs is 8. The second-order valence-corrected chi connectivity index (χ2v) is 22.7. The highest BCUT2D eigenvalue weighted by Crippen LogP contribution is 2.52. The molecule has 1 unspecified atom stereocenters. The van der Waals surface area contributed by atoms with E-state index in [2.05, 4.69) is 329 Å². The fourth-order valence-corrected chi connectivity index (χ4v) is 14.3. The number of hydrogen-bond donors (Lipinski definition) is 0. The van der Waals surface area contributed by atoms with Crippen molar-refractivity contribution in [2.75, 3.05) is 19.6 Å². The Kier molecular flexibility index (Phi) is 11.8. The van der Waals surface area contributed by atoms with Crippen molar-refractivity contribution in [1.29, 1.82) is 0 Å². The summed E-state index contributed by atoms with van der Waals surface area (Å²) in [5.74, 6) is 3.16. The number of hydrogen-bond acceptors (Lipinski definition) is 6. The minimum absolute atomic E-state index is 0.0346. The zero-order valence-electron chi connectivity index (χ0n) is 47.0. The molecule has 4 heterocycles. The Labute approximate surface area is 502 Å². The Bertz CT molecular complexity index is 4570. The first kappa shape index (κ1) is 49.6. The first-order chi connectivity index (χ1) is 42.7. The molecule has 0 radical (unpaired) electrons. The highest BCUT2D eigenvalue weighted by atomic mass is 16.5. The molecule has 0 aromatic heterocycles. The second-order valence-electron chi connectivity index (χ2n) is 22.7. The molecule has 0 fully saturated rings. The van der Waals surface area contributed by atoms with E-state index in [0.717, 1.165) is 114 Å². The van der Waals surface area contributed by atoms with Gasteiger partial charge >= 0.3 is 0 Å². The maximum atomic E-state index is 7.66. The lowest BCUT2D eigenvalue weighted by molar-refractivity contribution is 0.465. The van der Waals surface area contributed by atoms with E-state index < -0.39 is 0 Å². The molecule has 12 aromatic rings. The van der Waals surface area contributed by atoms with Crippen LogP contribution in [0.3, 0.4) is 0 Å². The normalized spacial score (nSPS) is 14.6. The van der Waals surface area contributed by atoms with Gasteiger partial charge in [0.25, 0.3) is 13.4 Å². The summed E-state index contributed by atoms with van der Waals surface area (Å²) in [7, 11) is 0. The van der Waals surface area contributed by atoms with Crippen molar-refractivity contribution in [2.45, 2.75) is 12.3 Å². The van der Waals surface area contributed by atoms with Gasteiger partial charge in [-0.1, -0.05) is 206 Å². The third-order valence-electron chi connectivity index (χ3n) is 17.8. The molecular formula is C78H54B2N4O2. The van der Waals surface area contributed by atoms with Crippen LogP contribution in [0.25, 0.3) is 5.57 Å². The van der Waals surface area contributed by atoms with Crippen LogP contribution >= 0.6 is 0 Å². The van der Waals surface area contributed by atoms with Gasteiger partial charge < -0.3 is 29.1 Å². The Morgan fingerprint density at radius 3 is 1.42 bits per heavy atom. The van der Waals surface area contributed by atoms with Crippen LogP contribution in [0.5, 0.6) is 23.0 Å². The molecule has 0 amide bonds. The maximum absolute atomic E-state index is 7.66. The van der Waals surface area contributed by atoms with Gasteiger partial charge in [0.1, 0.15) is 23.0 Å². The third kappa shape index (κ3) is 8.05. The van der Waals surface area contributed by atoms with E-state index >= 15 is 0 Å². The summed E-state index contributed by atoms with van der Waals surface area (Å²) in [6.45, 7) is -0.396. The van der Waals surface area contributed by atoms with Crippen molar-refractivity contribution in [1.82, 2.24) is 0 Å². The molecule has 6 nitrogen and oxygen atoms in total. The zero-order chi connectivity index (χ0) is 56.7. The molecule has 1 atom stereocenters. The van der Waals surface area contributed by atoms with E-state index in [1.807, 2.05) is 0 Å². The van der Waals surface area contributed by atoms with E-state index in [0.29, 0.717) is 0 Å². The van der Waals surface area contributed by atoms with E-state index in [-0.39, 0.29) is 19.3 Å². The first-order valence-electron chi connectivity index (χ1n) is 29.7. The lowest BCUT2D eigenvalue weighted by Gasteiger charge is -2.47. The zero-order valence-corrected chi connectivity index (χ0v) is 47.0. The van der Waals surface area contributed by atoms with Crippen LogP contribution in [-0.4, -0.2) is 13.4 Å². The fraction of sp³-hybridized carbons (Fsp3) is 0.0256. The van der Waals surface area contributed by atoms with Gasteiger partial charge in [-0.3, -0.25) is 0 Å². The van der Waals surface area contributed by atoms with Crippen molar-refractivity contribution in [3.63, 3.8) is 0 Å². The fourth-order valence-electron chi connectivity index (χ4n) is 14.3. The van der Waals surface area contributed by atoms with Gasteiger partial charge in [0.05, 0.1) is 11.4 Å². The Hall–Kier alpha value is -11.0. The van der Waals surface area contributed by atoms with Crippen LogP contribution in [0.4, 0.5) is 62.6 Å². The van der Waals surface area contributed by atoms with Crippen LogP contribution in [0, 0.1) is 0 Å². The average Bonchev–Trinajstić information content (AvgIpc) is 0.711. The van der Waals surface area contributed by atoms with Crippen molar-refractivity contribution < 1.29 is 9.47 Å². The standard InChI is InChI=1S/C78H54B2N4O2/c1-8-27-53(28-9-1)62-41-26-42-63(54-29-10-2-11-30-54)78(62)84-69-52-73-67(80-65-44-23-25-46-72(65)85-74-49-61(50-75(86-73)77(74)80)82(57-35-16-5-17-36-57)58-37-18-6-19-38-58)51-66(69)79-64-43-22-24-45-68(64)83(59-39-20-7-21-40-59)70-47-60(48-71(84)76(70)79)81(55-31-12-3-13-32-55)56-33-14-4-15-34-56/h1-41,43-52,63H,42H2. The lowest BCUT2D eigenvalue weighted by atomic mass is 9.31. The quantitative estimate of drug-likeness (QED) is 0.127. The molecule has 0 N–H and O–H groups in total. The number of para-hydroxylation sites is 7. The molecule has 86 heavy (non-hydrogen) atoms. The topological polar surface area (TPSA) is 31.4 Å². The Balaban J connectivity index is 0.988. The molecule has 0 spiro atoms. The molecule has 12 aromatic carbocycles. The summed E-state index contributed by atoms with van der Waals surface area (Å²) in [6, 6.07) is 108. The van der Waals surface area contributed by atoms with Gasteiger partial charge in [0.2, 0.25) is 0 Å².